The summed E-state index contributed by atoms with van der Waals surface area (Å²) in [4.78, 5) is 2.59. The van der Waals surface area contributed by atoms with Gasteiger partial charge >= 0.3 is 0 Å². The summed E-state index contributed by atoms with van der Waals surface area (Å²) >= 11 is 0. The van der Waals surface area contributed by atoms with Crippen molar-refractivity contribution in [3.8, 4) is 0 Å². The summed E-state index contributed by atoms with van der Waals surface area (Å²) in [6.45, 7) is 8.78. The number of unbranched alkanes of at least 4 members (excludes halogenated alkanes) is 1. The van der Waals surface area contributed by atoms with Gasteiger partial charge < -0.3 is 10.1 Å². The van der Waals surface area contributed by atoms with Gasteiger partial charge in [0.1, 0.15) is 0 Å². The molecule has 0 bridgehead atoms. The molecule has 0 aromatic heterocycles. The molecule has 1 saturated heterocycles. The Morgan fingerprint density at radius 1 is 1.24 bits per heavy atom. The molecule has 3 heteroatoms. The van der Waals surface area contributed by atoms with E-state index in [1.807, 2.05) is 0 Å². The predicted octanol–water partition coefficient (Wildman–Crippen LogP) is 2.02. The molecule has 0 radical (unpaired) electrons. The highest BCUT2D eigenvalue weighted by atomic mass is 16.5. The Balaban J connectivity index is 1.63. The first-order chi connectivity index (χ1) is 8.35. The monoisotopic (exact) mass is 240 g/mol. The molecule has 2 aliphatic rings. The van der Waals surface area contributed by atoms with Gasteiger partial charge in [0.15, 0.2) is 0 Å². The molecule has 2 fully saturated rings. The average Bonchev–Trinajstić information content (AvgIpc) is 2.77. The van der Waals surface area contributed by atoms with E-state index in [4.69, 9.17) is 4.74 Å². The minimum absolute atomic E-state index is 0.460. The standard InChI is InChI=1S/C14H28N2O/c1-2-3-11-17-12-10-16-9-8-15-14(13-16)6-4-5-7-14/h15H,2-13H2,1H3. The zero-order valence-electron chi connectivity index (χ0n) is 11.3. The van der Waals surface area contributed by atoms with Crippen LogP contribution in [0.5, 0.6) is 0 Å². The van der Waals surface area contributed by atoms with Crippen molar-refractivity contribution in [1.29, 1.82) is 0 Å². The van der Waals surface area contributed by atoms with Crippen molar-refractivity contribution in [2.24, 2.45) is 0 Å². The topological polar surface area (TPSA) is 24.5 Å². The number of hydrogen-bond donors (Lipinski definition) is 1. The lowest BCUT2D eigenvalue weighted by atomic mass is 9.94. The maximum absolute atomic E-state index is 5.67. The predicted molar refractivity (Wildman–Crippen MR) is 71.4 cm³/mol. The molecule has 1 heterocycles. The van der Waals surface area contributed by atoms with Crippen molar-refractivity contribution in [2.45, 2.75) is 51.0 Å². The SMILES string of the molecule is CCCCOCCN1CCNC2(CCCC2)C1. The van der Waals surface area contributed by atoms with Crippen LogP contribution in [0.15, 0.2) is 0 Å². The first-order valence-corrected chi connectivity index (χ1v) is 7.40. The third kappa shape index (κ3) is 3.94. The second kappa shape index (κ2) is 6.72. The van der Waals surface area contributed by atoms with Crippen molar-refractivity contribution in [3.05, 3.63) is 0 Å². The molecule has 1 spiro atoms. The van der Waals surface area contributed by atoms with Crippen LogP contribution in [0, 0.1) is 0 Å². The lowest BCUT2D eigenvalue weighted by Gasteiger charge is -2.41. The van der Waals surface area contributed by atoms with E-state index in [1.54, 1.807) is 0 Å². The highest BCUT2D eigenvalue weighted by molar-refractivity contribution is 4.97. The van der Waals surface area contributed by atoms with Gasteiger partial charge in [0.05, 0.1) is 6.61 Å². The molecule has 3 nitrogen and oxygen atoms in total. The molecule has 0 amide bonds. The van der Waals surface area contributed by atoms with Crippen molar-refractivity contribution in [2.75, 3.05) is 39.4 Å². The molecular formula is C14H28N2O. The molecule has 0 aromatic rings. The second-order valence-corrected chi connectivity index (χ2v) is 5.66. The number of hydrogen-bond acceptors (Lipinski definition) is 3. The normalized spacial score (nSPS) is 24.5. The second-order valence-electron chi connectivity index (χ2n) is 5.66. The summed E-state index contributed by atoms with van der Waals surface area (Å²) in [5.41, 5.74) is 0.460. The Morgan fingerprint density at radius 2 is 2.06 bits per heavy atom. The summed E-state index contributed by atoms with van der Waals surface area (Å²) in [5.74, 6) is 0. The molecule has 0 unspecified atom stereocenters. The minimum Gasteiger partial charge on any atom is -0.380 e. The third-order valence-electron chi connectivity index (χ3n) is 4.21. The Morgan fingerprint density at radius 3 is 2.82 bits per heavy atom. The van der Waals surface area contributed by atoms with E-state index in [-0.39, 0.29) is 0 Å². The number of nitrogens with one attached hydrogen (secondary N) is 1. The van der Waals surface area contributed by atoms with Crippen LogP contribution in [0.1, 0.15) is 45.4 Å². The molecule has 1 aliphatic heterocycles. The van der Waals surface area contributed by atoms with Gasteiger partial charge in [-0.05, 0) is 19.3 Å². The molecule has 17 heavy (non-hydrogen) atoms. The largest absolute Gasteiger partial charge is 0.380 e. The number of piperazine rings is 1. The molecule has 1 aliphatic carbocycles. The smallest absolute Gasteiger partial charge is 0.0593 e. The van der Waals surface area contributed by atoms with E-state index < -0.39 is 0 Å². The number of nitrogens with zero attached hydrogens (tertiary/aromatic N) is 1. The minimum atomic E-state index is 0.460. The van der Waals surface area contributed by atoms with Crippen LogP contribution in [0.25, 0.3) is 0 Å². The number of rotatable bonds is 6. The zero-order valence-corrected chi connectivity index (χ0v) is 11.3. The van der Waals surface area contributed by atoms with Gasteiger partial charge in [-0.25, -0.2) is 0 Å². The van der Waals surface area contributed by atoms with E-state index in [0.29, 0.717) is 5.54 Å². The molecule has 0 aromatic carbocycles. The maximum Gasteiger partial charge on any atom is 0.0593 e. The van der Waals surface area contributed by atoms with Gasteiger partial charge in [-0.2, -0.15) is 0 Å². The van der Waals surface area contributed by atoms with E-state index in [0.717, 1.165) is 26.3 Å². The highest BCUT2D eigenvalue weighted by Crippen LogP contribution is 2.31. The molecule has 1 saturated carbocycles. The van der Waals surface area contributed by atoms with Crippen LogP contribution in [0.2, 0.25) is 0 Å². The summed E-state index contributed by atoms with van der Waals surface area (Å²) in [7, 11) is 0. The van der Waals surface area contributed by atoms with Gasteiger partial charge in [-0.1, -0.05) is 26.2 Å². The zero-order chi connectivity index (χ0) is 12.0. The lowest BCUT2D eigenvalue weighted by Crippen LogP contribution is -2.59. The fraction of sp³-hybridized carbons (Fsp3) is 1.00. The van der Waals surface area contributed by atoms with Crippen LogP contribution in [-0.2, 0) is 4.74 Å². The van der Waals surface area contributed by atoms with Gasteiger partial charge in [0.25, 0.3) is 0 Å². The van der Waals surface area contributed by atoms with Crippen LogP contribution >= 0.6 is 0 Å². The van der Waals surface area contributed by atoms with Crippen molar-refractivity contribution in [3.63, 3.8) is 0 Å². The Labute approximate surface area is 106 Å². The molecule has 1 N–H and O–H groups in total. The summed E-state index contributed by atoms with van der Waals surface area (Å²) in [5, 5.41) is 3.75. The van der Waals surface area contributed by atoms with Crippen LogP contribution in [0.3, 0.4) is 0 Å². The lowest BCUT2D eigenvalue weighted by molar-refractivity contribution is 0.0724. The summed E-state index contributed by atoms with van der Waals surface area (Å²) in [6, 6.07) is 0. The van der Waals surface area contributed by atoms with Gasteiger partial charge in [0, 0.05) is 38.3 Å². The van der Waals surface area contributed by atoms with E-state index in [9.17, 15) is 0 Å². The average molecular weight is 240 g/mol. The number of ether oxygens (including phenoxy) is 1. The first-order valence-electron chi connectivity index (χ1n) is 7.40. The van der Waals surface area contributed by atoms with Crippen molar-refractivity contribution >= 4 is 0 Å². The van der Waals surface area contributed by atoms with Crippen molar-refractivity contribution in [1.82, 2.24) is 10.2 Å². The van der Waals surface area contributed by atoms with Crippen LogP contribution in [0.4, 0.5) is 0 Å². The molecular weight excluding hydrogens is 212 g/mol. The Bertz CT molecular complexity index is 214. The van der Waals surface area contributed by atoms with Crippen molar-refractivity contribution < 1.29 is 4.74 Å². The third-order valence-corrected chi connectivity index (χ3v) is 4.21. The molecule has 100 valence electrons. The highest BCUT2D eigenvalue weighted by Gasteiger charge is 2.37. The van der Waals surface area contributed by atoms with E-state index in [2.05, 4.69) is 17.1 Å². The fourth-order valence-electron chi connectivity index (χ4n) is 3.16. The summed E-state index contributed by atoms with van der Waals surface area (Å²) < 4.78 is 5.67. The maximum atomic E-state index is 5.67. The Hall–Kier alpha value is -0.120. The molecule has 0 atom stereocenters. The van der Waals surface area contributed by atoms with Gasteiger partial charge in [-0.3, -0.25) is 4.90 Å². The Kier molecular flexibility index (Phi) is 5.26. The molecule has 2 rings (SSSR count). The van der Waals surface area contributed by atoms with E-state index in [1.165, 1.54) is 51.6 Å². The summed E-state index contributed by atoms with van der Waals surface area (Å²) in [6.07, 6.45) is 8.00. The van der Waals surface area contributed by atoms with Gasteiger partial charge in [-0.15, -0.1) is 0 Å². The van der Waals surface area contributed by atoms with Crippen LogP contribution < -0.4 is 5.32 Å². The quantitative estimate of drug-likeness (QED) is 0.719. The first kappa shape index (κ1) is 13.3. The van der Waals surface area contributed by atoms with Gasteiger partial charge in [0.2, 0.25) is 0 Å². The van der Waals surface area contributed by atoms with Crippen LogP contribution in [-0.4, -0.2) is 49.8 Å². The fourth-order valence-corrected chi connectivity index (χ4v) is 3.16. The van der Waals surface area contributed by atoms with E-state index >= 15 is 0 Å².